The molecule has 24 nitrogen and oxygen atoms in total. The molecular weight excluding hydrogens is 1210 g/mol. The summed E-state index contributed by atoms with van der Waals surface area (Å²) >= 11 is 7.91. The molecule has 4 heterocycles. The molecular formula is C64H91ClN6O18S. The van der Waals surface area contributed by atoms with Gasteiger partial charge in [0.25, 0.3) is 11.8 Å². The molecule has 3 fully saturated rings. The van der Waals surface area contributed by atoms with Crippen LogP contribution in [0.15, 0.2) is 54.6 Å². The van der Waals surface area contributed by atoms with Crippen LogP contribution in [0, 0.1) is 17.3 Å². The fourth-order valence-corrected chi connectivity index (χ4v) is 11.1. The van der Waals surface area contributed by atoms with Crippen molar-refractivity contribution in [3.63, 3.8) is 0 Å². The van der Waals surface area contributed by atoms with Gasteiger partial charge in [0.1, 0.15) is 24.0 Å². The number of hydrogen-bond donors (Lipinski definition) is 3. The molecule has 0 radical (unpaired) electrons. The van der Waals surface area contributed by atoms with Crippen LogP contribution in [0.25, 0.3) is 0 Å². The minimum absolute atomic E-state index is 0.0342. The third kappa shape index (κ3) is 24.5. The number of carbonyl (C=O) groups excluding carboxylic acids is 9. The van der Waals surface area contributed by atoms with Gasteiger partial charge in [0, 0.05) is 88.6 Å². The van der Waals surface area contributed by atoms with Crippen LogP contribution < -0.4 is 20.7 Å². The summed E-state index contributed by atoms with van der Waals surface area (Å²) < 4.78 is 45.1. The zero-order chi connectivity index (χ0) is 65.4. The number of esters is 2. The lowest BCUT2D eigenvalue weighted by Crippen LogP contribution is -2.51. The Balaban J connectivity index is 0.859. The van der Waals surface area contributed by atoms with E-state index in [4.69, 9.17) is 54.3 Å². The van der Waals surface area contributed by atoms with Crippen molar-refractivity contribution < 1.29 is 85.9 Å². The van der Waals surface area contributed by atoms with Crippen LogP contribution >= 0.6 is 23.4 Å². The molecule has 6 rings (SSSR count). The molecule has 4 aliphatic heterocycles. The normalized spacial score (nSPS) is 21.9. The van der Waals surface area contributed by atoms with Gasteiger partial charge in [-0.2, -0.15) is 0 Å². The number of piperazine rings is 1. The molecule has 6 atom stereocenters. The van der Waals surface area contributed by atoms with Crippen molar-refractivity contribution in [2.24, 2.45) is 17.3 Å². The highest BCUT2D eigenvalue weighted by Crippen LogP contribution is 2.45. The average molecular weight is 1300 g/mol. The van der Waals surface area contributed by atoms with E-state index in [1.54, 1.807) is 38.1 Å². The van der Waals surface area contributed by atoms with E-state index in [1.165, 1.54) is 24.9 Å². The second-order valence-electron chi connectivity index (χ2n) is 24.4. The number of hydroxylamine groups is 2. The average Bonchev–Trinajstić information content (AvgIpc) is 1.67. The van der Waals surface area contributed by atoms with E-state index in [0.29, 0.717) is 93.5 Å². The Hall–Kier alpha value is -6.19. The lowest BCUT2D eigenvalue weighted by atomic mass is 9.92. The fraction of sp³-hybridized carbons (Fsp3) is 0.641. The van der Waals surface area contributed by atoms with Crippen molar-refractivity contribution in [2.45, 2.75) is 142 Å². The van der Waals surface area contributed by atoms with Crippen LogP contribution in [-0.2, 0) is 94.1 Å². The summed E-state index contributed by atoms with van der Waals surface area (Å²) in [5.74, 6) is -3.93. The van der Waals surface area contributed by atoms with Crippen molar-refractivity contribution in [3.8, 4) is 5.75 Å². The Morgan fingerprint density at radius 3 is 2.09 bits per heavy atom. The lowest BCUT2D eigenvalue weighted by molar-refractivity contribution is -0.198. The van der Waals surface area contributed by atoms with Crippen LogP contribution in [0.2, 0.25) is 5.02 Å². The fourth-order valence-electron chi connectivity index (χ4n) is 9.98. The van der Waals surface area contributed by atoms with Gasteiger partial charge in [-0.3, -0.25) is 38.5 Å². The molecule has 90 heavy (non-hydrogen) atoms. The number of cyclic esters (lactones) is 2. The van der Waals surface area contributed by atoms with E-state index in [-0.39, 0.29) is 111 Å². The molecule has 0 spiro atoms. The largest absolute Gasteiger partial charge is 0.495 e. The first-order valence-corrected chi connectivity index (χ1v) is 32.3. The Bertz CT molecular complexity index is 2760. The number of amides is 6. The summed E-state index contributed by atoms with van der Waals surface area (Å²) in [4.78, 5) is 125. The monoisotopic (exact) mass is 1300 g/mol. The van der Waals surface area contributed by atoms with E-state index in [0.717, 1.165) is 24.2 Å². The minimum Gasteiger partial charge on any atom is -0.495 e. The maximum absolute atomic E-state index is 14.0. The summed E-state index contributed by atoms with van der Waals surface area (Å²) in [6.45, 7) is 19.0. The van der Waals surface area contributed by atoms with Crippen molar-refractivity contribution in [3.05, 3.63) is 76.3 Å². The van der Waals surface area contributed by atoms with Gasteiger partial charge in [-0.25, -0.2) is 9.59 Å². The number of thioether (sulfide) groups is 1. The summed E-state index contributed by atoms with van der Waals surface area (Å²) in [5.41, 5.74) is 1.48. The molecule has 3 saturated heterocycles. The number of ether oxygens (including phenoxy) is 8. The molecule has 0 aromatic heterocycles. The Kier molecular flexibility index (Phi) is 29.3. The van der Waals surface area contributed by atoms with Gasteiger partial charge < -0.3 is 63.6 Å². The van der Waals surface area contributed by atoms with Crippen molar-refractivity contribution in [2.75, 3.05) is 105 Å². The van der Waals surface area contributed by atoms with Crippen molar-refractivity contribution >= 4 is 76.7 Å². The van der Waals surface area contributed by atoms with E-state index in [9.17, 15) is 43.2 Å². The summed E-state index contributed by atoms with van der Waals surface area (Å²) in [6.07, 6.45) is 1.73. The second kappa shape index (κ2) is 36.2. The smallest absolute Gasteiger partial charge is 0.347 e. The Labute approximate surface area is 537 Å². The topological polar surface area (TPSA) is 286 Å². The highest BCUT2D eigenvalue weighted by atomic mass is 35.5. The summed E-state index contributed by atoms with van der Waals surface area (Å²) in [7, 11) is 1.50. The summed E-state index contributed by atoms with van der Waals surface area (Å²) in [6, 6.07) is 12.3. The number of hydrogen-bond acceptors (Lipinski definition) is 20. The highest BCUT2D eigenvalue weighted by Gasteiger charge is 2.48. The number of methoxy groups -OCH3 is 1. The molecule has 498 valence electrons. The third-order valence-electron chi connectivity index (χ3n) is 15.6. The van der Waals surface area contributed by atoms with E-state index in [2.05, 4.69) is 33.0 Å². The van der Waals surface area contributed by atoms with Gasteiger partial charge in [-0.1, -0.05) is 82.6 Å². The third-order valence-corrected chi connectivity index (χ3v) is 17.3. The minimum atomic E-state index is -1.25. The van der Waals surface area contributed by atoms with Gasteiger partial charge >= 0.3 is 17.9 Å². The van der Waals surface area contributed by atoms with Crippen molar-refractivity contribution in [1.29, 1.82) is 0 Å². The number of nitrogens with one attached hydrogen (secondary N) is 3. The first-order valence-electron chi connectivity index (χ1n) is 30.9. The molecule has 0 aliphatic carbocycles. The number of imide groups is 1. The van der Waals surface area contributed by atoms with E-state index < -0.39 is 65.2 Å². The van der Waals surface area contributed by atoms with Gasteiger partial charge in [-0.05, 0) is 67.5 Å². The molecule has 3 N–H and O–H groups in total. The number of rotatable bonds is 32. The van der Waals surface area contributed by atoms with E-state index >= 15 is 0 Å². The van der Waals surface area contributed by atoms with Crippen LogP contribution in [0.4, 0.5) is 0 Å². The zero-order valence-corrected chi connectivity index (χ0v) is 54.8. The SMILES string of the molecule is COc1ccc(C[C@H]2NC(=O)/C=C/C[C@@H](C(C)[C@H]3O[C@@H]3c3ccc(CN4CCN(C(=O)CCC(C)(C)SCC(=O)NCCOCCOCCOCCOCCC(=O)ON5C(=O)CCC5=O)CC4)cc3)OC(=O)[C@H](CC(C)C)OC(=O)C(C)(C)CNC2=O)cc1Cl. The molecule has 2 aromatic carbocycles. The predicted octanol–water partition coefficient (Wildman–Crippen LogP) is 5.24. The number of nitrogens with zero attached hydrogens (tertiary/aromatic N) is 3. The van der Waals surface area contributed by atoms with Gasteiger partial charge in [-0.15, -0.1) is 16.8 Å². The van der Waals surface area contributed by atoms with Crippen LogP contribution in [0.1, 0.15) is 116 Å². The Morgan fingerprint density at radius 2 is 1.46 bits per heavy atom. The van der Waals surface area contributed by atoms with Gasteiger partial charge in [0.15, 0.2) is 6.10 Å². The number of benzene rings is 2. The maximum atomic E-state index is 14.0. The lowest BCUT2D eigenvalue weighted by Gasteiger charge is -2.35. The van der Waals surface area contributed by atoms with Crippen LogP contribution in [-0.4, -0.2) is 202 Å². The van der Waals surface area contributed by atoms with Crippen LogP contribution in [0.3, 0.4) is 0 Å². The standard InChI is InChI=1S/C64H91ClN6O18S/c1-42(2)36-51-61(79)86-49(10-9-11-52(72)68-48(38-45-14-17-50(81-8)47(65)37-45)60(78)67-41-63(4,5)62(80)87-51)43(3)58-59(88-58)46-15-12-44(13-16-46)39-69-24-26-70(27-25-69)54(74)20-22-64(6,7)90-40-53(73)66-23-29-83-31-33-85-35-34-84-32-30-82-28-21-57(77)89-71-55(75)18-19-56(71)76/h9,11-17,37,42-43,48-49,51,58-59H,10,18-36,38-41H2,1-8H3,(H,66,73)(H,67,78)(H,68,72)/b11-9+/t43?,48-,49+,51+,58-,59-/m1/s1. The molecule has 1 unspecified atom stereocenters. The van der Waals surface area contributed by atoms with Crippen molar-refractivity contribution in [1.82, 2.24) is 30.8 Å². The van der Waals surface area contributed by atoms with Crippen LogP contribution in [0.5, 0.6) is 5.75 Å². The quantitative estimate of drug-likeness (QED) is 0.0365. The number of carbonyl (C=O) groups is 9. The molecule has 0 saturated carbocycles. The second-order valence-corrected chi connectivity index (χ2v) is 26.5. The maximum Gasteiger partial charge on any atom is 0.347 e. The predicted molar refractivity (Wildman–Crippen MR) is 332 cm³/mol. The molecule has 6 amide bonds. The molecule has 26 heteroatoms. The highest BCUT2D eigenvalue weighted by molar-refractivity contribution is 8.01. The Morgan fingerprint density at radius 1 is 0.822 bits per heavy atom. The number of halogens is 1. The summed E-state index contributed by atoms with van der Waals surface area (Å²) in [5, 5.41) is 9.31. The van der Waals surface area contributed by atoms with E-state index in [1.807, 2.05) is 51.7 Å². The zero-order valence-electron chi connectivity index (χ0n) is 53.2. The van der Waals surface area contributed by atoms with Gasteiger partial charge in [0.2, 0.25) is 23.6 Å². The van der Waals surface area contributed by atoms with Gasteiger partial charge in [0.05, 0.1) is 88.7 Å². The first kappa shape index (κ1) is 72.9. The molecule has 2 aromatic rings. The molecule has 0 bridgehead atoms. The molecule has 4 aliphatic rings. The first-order chi connectivity index (χ1) is 42.9. The number of epoxide rings is 1.